The first-order valence-electron chi connectivity index (χ1n) is 11.3. The van der Waals surface area contributed by atoms with Gasteiger partial charge in [0.2, 0.25) is 5.75 Å². The second kappa shape index (κ2) is 9.36. The number of amides is 1. The smallest absolute Gasteiger partial charge is 0.339 e. The lowest BCUT2D eigenvalue weighted by molar-refractivity contribution is 0.0600. The normalized spacial score (nSPS) is 14.6. The van der Waals surface area contributed by atoms with Gasteiger partial charge < -0.3 is 33.9 Å². The van der Waals surface area contributed by atoms with Crippen LogP contribution in [0.4, 0.5) is 5.69 Å². The number of anilines is 1. The third-order valence-corrected chi connectivity index (χ3v) is 6.95. The number of carbonyl (C=O) groups excluding carboxylic acids is 2. The Morgan fingerprint density at radius 3 is 2.51 bits per heavy atom. The van der Waals surface area contributed by atoms with Crippen molar-refractivity contribution in [2.45, 2.75) is 5.92 Å². The number of carbonyl (C=O) groups is 2. The van der Waals surface area contributed by atoms with Gasteiger partial charge in [-0.05, 0) is 23.8 Å². The van der Waals surface area contributed by atoms with Crippen molar-refractivity contribution in [2.24, 2.45) is 0 Å². The van der Waals surface area contributed by atoms with Gasteiger partial charge in [0.25, 0.3) is 5.91 Å². The number of H-pyrrole nitrogens is 1. The van der Waals surface area contributed by atoms with Crippen LogP contribution in [-0.4, -0.2) is 67.8 Å². The highest BCUT2D eigenvalue weighted by Gasteiger charge is 2.36. The number of nitrogens with one attached hydrogen (secondary N) is 1. The first kappa shape index (κ1) is 24.5. The summed E-state index contributed by atoms with van der Waals surface area (Å²) < 4.78 is 21.2. The molecule has 1 amide bonds. The number of aromatic hydroxyl groups is 1. The average Bonchev–Trinajstić information content (AvgIpc) is 3.52. The fraction of sp³-hybridized carbons (Fsp3) is 0.269. The predicted molar refractivity (Wildman–Crippen MR) is 138 cm³/mol. The van der Waals surface area contributed by atoms with Gasteiger partial charge in [-0.3, -0.25) is 9.78 Å². The number of benzene rings is 2. The molecule has 2 aromatic carbocycles. The molecule has 0 spiro atoms. The second-order valence-corrected chi connectivity index (χ2v) is 8.81. The van der Waals surface area contributed by atoms with Gasteiger partial charge in [0.1, 0.15) is 17.0 Å². The number of hydrogen-bond acceptors (Lipinski definition) is 8. The second-order valence-electron chi connectivity index (χ2n) is 8.50. The molecular formula is C26H24ClN3O7. The highest BCUT2D eigenvalue weighted by atomic mass is 35.5. The molecular weight excluding hydrogens is 502 g/mol. The molecule has 0 saturated carbocycles. The van der Waals surface area contributed by atoms with Crippen LogP contribution in [0, 0.1) is 0 Å². The molecule has 192 valence electrons. The van der Waals surface area contributed by atoms with Crippen molar-refractivity contribution in [3.63, 3.8) is 0 Å². The molecule has 5 rings (SSSR count). The Morgan fingerprint density at radius 1 is 1.11 bits per heavy atom. The number of rotatable bonds is 6. The number of ether oxygens (including phenoxy) is 4. The van der Waals surface area contributed by atoms with Gasteiger partial charge >= 0.3 is 5.97 Å². The number of aromatic nitrogens is 2. The SMILES string of the molecule is COC(=O)c1cnc2c(O)cc3c(c2c1)[C@@H](CCl)CN3C(=O)c1cc2cc(OC)c(OC)c(OC)c2[nH]1. The first-order valence-corrected chi connectivity index (χ1v) is 11.8. The van der Waals surface area contributed by atoms with Crippen LogP contribution in [0.5, 0.6) is 23.0 Å². The molecule has 0 radical (unpaired) electrons. The van der Waals surface area contributed by atoms with E-state index in [1.807, 2.05) is 0 Å². The number of fused-ring (bicyclic) bond motifs is 4. The molecule has 37 heavy (non-hydrogen) atoms. The Bertz CT molecular complexity index is 1570. The molecule has 11 heteroatoms. The lowest BCUT2D eigenvalue weighted by atomic mass is 9.97. The van der Waals surface area contributed by atoms with Gasteiger partial charge in [0, 0.05) is 41.4 Å². The summed E-state index contributed by atoms with van der Waals surface area (Å²) in [7, 11) is 5.81. The standard InChI is InChI=1S/C26H24ClN3O7/c1-34-19-7-12-6-16(29-21(12)24(36-3)23(19)35-2)25(32)30-11-14(9-27)20-15-5-13(26(33)37-4)10-28-22(15)18(31)8-17(20)30/h5-8,10,14,29,31H,9,11H2,1-4H3/t14-/m0/s1. The number of alkyl halides is 1. The van der Waals surface area contributed by atoms with E-state index < -0.39 is 5.97 Å². The summed E-state index contributed by atoms with van der Waals surface area (Å²) >= 11 is 6.33. The molecule has 0 bridgehead atoms. The van der Waals surface area contributed by atoms with Crippen LogP contribution in [0.2, 0.25) is 0 Å². The van der Waals surface area contributed by atoms with Crippen LogP contribution < -0.4 is 19.1 Å². The molecule has 1 aliphatic rings. The van der Waals surface area contributed by atoms with Crippen molar-refractivity contribution in [1.82, 2.24) is 9.97 Å². The van der Waals surface area contributed by atoms with Crippen LogP contribution in [0.1, 0.15) is 32.3 Å². The lowest BCUT2D eigenvalue weighted by Crippen LogP contribution is -2.30. The van der Waals surface area contributed by atoms with Crippen molar-refractivity contribution in [3.05, 3.63) is 47.3 Å². The number of phenolic OH excluding ortho intramolecular Hbond substituents is 1. The lowest BCUT2D eigenvalue weighted by Gasteiger charge is -2.17. The molecule has 1 aliphatic heterocycles. The van der Waals surface area contributed by atoms with E-state index >= 15 is 0 Å². The summed E-state index contributed by atoms with van der Waals surface area (Å²) in [5.74, 6) is 0.221. The Hall–Kier alpha value is -4.18. The van der Waals surface area contributed by atoms with Gasteiger partial charge in [-0.15, -0.1) is 11.6 Å². The van der Waals surface area contributed by atoms with Crippen LogP contribution in [0.15, 0.2) is 30.5 Å². The zero-order valence-corrected chi connectivity index (χ0v) is 21.3. The third kappa shape index (κ3) is 3.75. The number of methoxy groups -OCH3 is 4. The first-order chi connectivity index (χ1) is 17.9. The summed E-state index contributed by atoms with van der Waals surface area (Å²) in [4.78, 5) is 34.9. The summed E-state index contributed by atoms with van der Waals surface area (Å²) in [6, 6.07) is 6.56. The van der Waals surface area contributed by atoms with Crippen LogP contribution >= 0.6 is 11.6 Å². The average molecular weight is 526 g/mol. The third-order valence-electron chi connectivity index (χ3n) is 6.57. The number of phenols is 1. The van der Waals surface area contributed by atoms with E-state index in [4.69, 9.17) is 30.5 Å². The van der Waals surface area contributed by atoms with Gasteiger partial charge in [0.05, 0.1) is 45.2 Å². The molecule has 1 atom stereocenters. The summed E-state index contributed by atoms with van der Waals surface area (Å²) in [6.45, 7) is 0.276. The number of esters is 1. The van der Waals surface area contributed by atoms with Crippen molar-refractivity contribution in [2.75, 3.05) is 45.8 Å². The molecule has 4 aromatic rings. The molecule has 3 heterocycles. The number of hydrogen-bond donors (Lipinski definition) is 2. The van der Waals surface area contributed by atoms with Crippen LogP contribution in [0.3, 0.4) is 0 Å². The van der Waals surface area contributed by atoms with Crippen molar-refractivity contribution < 1.29 is 33.6 Å². The fourth-order valence-electron chi connectivity index (χ4n) is 4.90. The minimum absolute atomic E-state index is 0.119. The molecule has 0 aliphatic carbocycles. The Balaban J connectivity index is 1.65. The zero-order valence-electron chi connectivity index (χ0n) is 20.5. The quantitative estimate of drug-likeness (QED) is 0.283. The maximum Gasteiger partial charge on any atom is 0.339 e. The van der Waals surface area contributed by atoms with Crippen LogP contribution in [0.25, 0.3) is 21.8 Å². The Kier molecular flexibility index (Phi) is 6.20. The summed E-state index contributed by atoms with van der Waals surface area (Å²) in [6.07, 6.45) is 1.34. The summed E-state index contributed by atoms with van der Waals surface area (Å²) in [5.41, 5.74) is 2.63. The molecule has 0 unspecified atom stereocenters. The number of aromatic amines is 1. The van der Waals surface area contributed by atoms with E-state index in [0.717, 1.165) is 5.56 Å². The highest BCUT2D eigenvalue weighted by Crippen LogP contribution is 2.46. The van der Waals surface area contributed by atoms with E-state index in [0.29, 0.717) is 50.4 Å². The van der Waals surface area contributed by atoms with E-state index in [2.05, 4.69) is 9.97 Å². The van der Waals surface area contributed by atoms with Crippen molar-refractivity contribution >= 4 is 51.0 Å². The minimum atomic E-state index is -0.558. The maximum atomic E-state index is 13.8. The molecule has 0 saturated heterocycles. The topological polar surface area (TPSA) is 123 Å². The van der Waals surface area contributed by atoms with Gasteiger partial charge in [-0.1, -0.05) is 0 Å². The van der Waals surface area contributed by atoms with Gasteiger partial charge in [-0.25, -0.2) is 4.79 Å². The van der Waals surface area contributed by atoms with Crippen molar-refractivity contribution in [1.29, 1.82) is 0 Å². The maximum absolute atomic E-state index is 13.8. The van der Waals surface area contributed by atoms with E-state index in [1.165, 1.54) is 40.7 Å². The van der Waals surface area contributed by atoms with Crippen molar-refractivity contribution in [3.8, 4) is 23.0 Å². The molecule has 2 N–H and O–H groups in total. The Labute approximate surface area is 216 Å². The number of halogens is 1. The fourth-order valence-corrected chi connectivity index (χ4v) is 5.15. The van der Waals surface area contributed by atoms with Gasteiger partial charge in [0.15, 0.2) is 11.5 Å². The predicted octanol–water partition coefficient (Wildman–Crippen LogP) is 4.22. The summed E-state index contributed by atoms with van der Waals surface area (Å²) in [5, 5.41) is 12.0. The minimum Gasteiger partial charge on any atom is -0.506 e. The zero-order chi connectivity index (χ0) is 26.4. The Morgan fingerprint density at radius 2 is 1.86 bits per heavy atom. The highest BCUT2D eigenvalue weighted by molar-refractivity contribution is 6.19. The number of pyridine rings is 1. The number of nitrogens with zero attached hydrogens (tertiary/aromatic N) is 2. The molecule has 10 nitrogen and oxygen atoms in total. The molecule has 0 fully saturated rings. The van der Waals surface area contributed by atoms with E-state index in [1.54, 1.807) is 23.1 Å². The van der Waals surface area contributed by atoms with E-state index in [-0.39, 0.29) is 35.6 Å². The largest absolute Gasteiger partial charge is 0.506 e. The van der Waals surface area contributed by atoms with Crippen LogP contribution in [-0.2, 0) is 4.74 Å². The molecule has 2 aromatic heterocycles. The monoisotopic (exact) mass is 525 g/mol. The van der Waals surface area contributed by atoms with E-state index in [9.17, 15) is 14.7 Å². The van der Waals surface area contributed by atoms with Gasteiger partial charge in [-0.2, -0.15) is 0 Å².